The molecule has 0 spiro atoms. The Morgan fingerprint density at radius 1 is 1.27 bits per heavy atom. The second-order valence-corrected chi connectivity index (χ2v) is 4.62. The molecule has 1 saturated carbocycles. The van der Waals surface area contributed by atoms with Crippen LogP contribution in [0.2, 0.25) is 0 Å². The highest BCUT2D eigenvalue weighted by atomic mass is 14.8. The maximum absolute atomic E-state index is 6.00. The molecule has 1 unspecified atom stereocenters. The minimum Gasteiger partial charge on any atom is -0.325 e. The minimum absolute atomic E-state index is 0.267. The fourth-order valence-electron chi connectivity index (χ4n) is 1.26. The van der Waals surface area contributed by atoms with Gasteiger partial charge in [-0.25, -0.2) is 0 Å². The van der Waals surface area contributed by atoms with Crippen LogP contribution in [0.25, 0.3) is 0 Å². The molecule has 0 aromatic heterocycles. The van der Waals surface area contributed by atoms with Crippen LogP contribution in [0.4, 0.5) is 0 Å². The van der Waals surface area contributed by atoms with Gasteiger partial charge >= 0.3 is 0 Å². The average Bonchev–Trinajstić information content (AvgIpc) is 2.64. The summed E-state index contributed by atoms with van der Waals surface area (Å²) < 4.78 is 0. The van der Waals surface area contributed by atoms with Gasteiger partial charge in [-0.3, -0.25) is 0 Å². The van der Waals surface area contributed by atoms with E-state index < -0.39 is 0 Å². The fraction of sp³-hybridized carbons (Fsp3) is 1.00. The molecule has 1 aliphatic rings. The molecular formula is C10H21N. The first-order chi connectivity index (χ1) is 5.03. The van der Waals surface area contributed by atoms with Gasteiger partial charge in [-0.15, -0.1) is 0 Å². The lowest BCUT2D eigenvalue weighted by Crippen LogP contribution is -2.22. The Bertz CT molecular complexity index is 125. The largest absolute Gasteiger partial charge is 0.325 e. The third-order valence-corrected chi connectivity index (χ3v) is 3.13. The normalized spacial score (nSPS) is 23.7. The SMILES string of the molecule is CC(C)C(C)CCC1(N)CC1. The highest BCUT2D eigenvalue weighted by molar-refractivity contribution is 4.98. The van der Waals surface area contributed by atoms with Crippen LogP contribution in [0.1, 0.15) is 46.5 Å². The van der Waals surface area contributed by atoms with Crippen LogP contribution < -0.4 is 5.73 Å². The molecule has 0 bridgehead atoms. The molecule has 2 N–H and O–H groups in total. The lowest BCUT2D eigenvalue weighted by atomic mass is 9.91. The first kappa shape index (κ1) is 9.05. The molecule has 1 fully saturated rings. The molecular weight excluding hydrogens is 134 g/mol. The molecule has 0 heterocycles. The van der Waals surface area contributed by atoms with Gasteiger partial charge in [0.25, 0.3) is 0 Å². The molecule has 1 rings (SSSR count). The van der Waals surface area contributed by atoms with Crippen molar-refractivity contribution in [1.29, 1.82) is 0 Å². The molecule has 11 heavy (non-hydrogen) atoms. The molecule has 1 atom stereocenters. The van der Waals surface area contributed by atoms with Crippen LogP contribution in [-0.2, 0) is 0 Å². The van der Waals surface area contributed by atoms with Crippen molar-refractivity contribution in [2.45, 2.75) is 52.0 Å². The van der Waals surface area contributed by atoms with Gasteiger partial charge in [0.2, 0.25) is 0 Å². The molecule has 0 aromatic rings. The zero-order chi connectivity index (χ0) is 8.48. The van der Waals surface area contributed by atoms with E-state index in [2.05, 4.69) is 20.8 Å². The zero-order valence-corrected chi connectivity index (χ0v) is 8.06. The Kier molecular flexibility index (Phi) is 2.58. The highest BCUT2D eigenvalue weighted by Gasteiger charge is 2.37. The molecule has 1 aliphatic carbocycles. The molecule has 1 nitrogen and oxygen atoms in total. The quantitative estimate of drug-likeness (QED) is 0.663. The Labute approximate surface area is 70.4 Å². The van der Waals surface area contributed by atoms with E-state index in [4.69, 9.17) is 5.73 Å². The van der Waals surface area contributed by atoms with Gasteiger partial charge in [0.15, 0.2) is 0 Å². The van der Waals surface area contributed by atoms with Crippen molar-refractivity contribution in [2.75, 3.05) is 0 Å². The highest BCUT2D eigenvalue weighted by Crippen LogP contribution is 2.38. The summed E-state index contributed by atoms with van der Waals surface area (Å²) in [6.45, 7) is 6.91. The summed E-state index contributed by atoms with van der Waals surface area (Å²) >= 11 is 0. The van der Waals surface area contributed by atoms with Crippen molar-refractivity contribution >= 4 is 0 Å². The summed E-state index contributed by atoms with van der Waals surface area (Å²) in [5.41, 5.74) is 6.26. The van der Waals surface area contributed by atoms with Crippen molar-refractivity contribution in [3.63, 3.8) is 0 Å². The van der Waals surface area contributed by atoms with Crippen LogP contribution in [0.3, 0.4) is 0 Å². The molecule has 1 heteroatoms. The van der Waals surface area contributed by atoms with Crippen molar-refractivity contribution in [3.05, 3.63) is 0 Å². The fourth-order valence-corrected chi connectivity index (χ4v) is 1.26. The van der Waals surface area contributed by atoms with E-state index in [0.717, 1.165) is 11.8 Å². The number of nitrogens with two attached hydrogens (primary N) is 1. The summed E-state index contributed by atoms with van der Waals surface area (Å²) in [4.78, 5) is 0. The average molecular weight is 155 g/mol. The van der Waals surface area contributed by atoms with E-state index in [1.54, 1.807) is 0 Å². The van der Waals surface area contributed by atoms with Crippen LogP contribution in [0, 0.1) is 11.8 Å². The minimum atomic E-state index is 0.267. The van der Waals surface area contributed by atoms with Crippen molar-refractivity contribution in [1.82, 2.24) is 0 Å². The summed E-state index contributed by atoms with van der Waals surface area (Å²) in [6.07, 6.45) is 5.08. The standard InChI is InChI=1S/C10H21N/c1-8(2)9(3)4-5-10(11)6-7-10/h8-9H,4-7,11H2,1-3H3. The molecule has 66 valence electrons. The predicted molar refractivity (Wildman–Crippen MR) is 49.4 cm³/mol. The third-order valence-electron chi connectivity index (χ3n) is 3.13. The first-order valence-electron chi connectivity index (χ1n) is 4.82. The van der Waals surface area contributed by atoms with Gasteiger partial charge < -0.3 is 5.73 Å². The topological polar surface area (TPSA) is 26.0 Å². The molecule has 0 saturated heterocycles. The van der Waals surface area contributed by atoms with E-state index in [-0.39, 0.29) is 5.54 Å². The Morgan fingerprint density at radius 2 is 1.82 bits per heavy atom. The second kappa shape index (κ2) is 3.14. The number of hydrogen-bond acceptors (Lipinski definition) is 1. The number of rotatable bonds is 4. The Hall–Kier alpha value is -0.0400. The van der Waals surface area contributed by atoms with Gasteiger partial charge in [-0.2, -0.15) is 0 Å². The lowest BCUT2D eigenvalue weighted by molar-refractivity contribution is 0.363. The van der Waals surface area contributed by atoms with Gasteiger partial charge in [0, 0.05) is 5.54 Å². The molecule has 0 aromatic carbocycles. The van der Waals surface area contributed by atoms with Crippen LogP contribution >= 0.6 is 0 Å². The monoisotopic (exact) mass is 155 g/mol. The van der Waals surface area contributed by atoms with Gasteiger partial charge in [-0.05, 0) is 37.5 Å². The third kappa shape index (κ3) is 2.82. The molecule has 0 radical (unpaired) electrons. The van der Waals surface area contributed by atoms with Gasteiger partial charge in [-0.1, -0.05) is 20.8 Å². The lowest BCUT2D eigenvalue weighted by Gasteiger charge is -2.17. The zero-order valence-electron chi connectivity index (χ0n) is 8.06. The summed E-state index contributed by atoms with van der Waals surface area (Å²) in [5.74, 6) is 1.66. The maximum Gasteiger partial charge on any atom is 0.0155 e. The van der Waals surface area contributed by atoms with E-state index in [1.807, 2.05) is 0 Å². The van der Waals surface area contributed by atoms with E-state index in [9.17, 15) is 0 Å². The first-order valence-corrected chi connectivity index (χ1v) is 4.82. The van der Waals surface area contributed by atoms with E-state index >= 15 is 0 Å². The van der Waals surface area contributed by atoms with E-state index in [1.165, 1.54) is 25.7 Å². The predicted octanol–water partition coefficient (Wildman–Crippen LogP) is 2.55. The Morgan fingerprint density at radius 3 is 2.18 bits per heavy atom. The van der Waals surface area contributed by atoms with Crippen molar-refractivity contribution in [3.8, 4) is 0 Å². The summed E-state index contributed by atoms with van der Waals surface area (Å²) in [6, 6.07) is 0. The van der Waals surface area contributed by atoms with Crippen LogP contribution in [-0.4, -0.2) is 5.54 Å². The second-order valence-electron chi connectivity index (χ2n) is 4.62. The van der Waals surface area contributed by atoms with Gasteiger partial charge in [0.1, 0.15) is 0 Å². The summed E-state index contributed by atoms with van der Waals surface area (Å²) in [7, 11) is 0. The Balaban J connectivity index is 2.11. The van der Waals surface area contributed by atoms with Crippen molar-refractivity contribution < 1.29 is 0 Å². The van der Waals surface area contributed by atoms with E-state index in [0.29, 0.717) is 0 Å². The molecule has 0 aliphatic heterocycles. The van der Waals surface area contributed by atoms with Gasteiger partial charge in [0.05, 0.1) is 0 Å². The van der Waals surface area contributed by atoms with Crippen molar-refractivity contribution in [2.24, 2.45) is 17.6 Å². The smallest absolute Gasteiger partial charge is 0.0155 e. The van der Waals surface area contributed by atoms with Crippen LogP contribution in [0.15, 0.2) is 0 Å². The van der Waals surface area contributed by atoms with Crippen LogP contribution in [0.5, 0.6) is 0 Å². The summed E-state index contributed by atoms with van der Waals surface area (Å²) in [5, 5.41) is 0. The number of hydrogen-bond donors (Lipinski definition) is 1. The maximum atomic E-state index is 6.00. The molecule has 0 amide bonds.